The zero-order chi connectivity index (χ0) is 14.3. The van der Waals surface area contributed by atoms with Crippen LogP contribution in [-0.4, -0.2) is 39.0 Å². The first-order valence-corrected chi connectivity index (χ1v) is 6.75. The molecule has 2 atom stereocenters. The third kappa shape index (κ3) is 2.07. The Morgan fingerprint density at radius 3 is 2.75 bits per heavy atom. The minimum atomic E-state index is -3.00. The second kappa shape index (κ2) is 5.07. The van der Waals surface area contributed by atoms with Crippen LogP contribution in [0, 0.1) is 0 Å². The Morgan fingerprint density at radius 2 is 2.05 bits per heavy atom. The summed E-state index contributed by atoms with van der Waals surface area (Å²) in [5.41, 5.74) is 1.32. The van der Waals surface area contributed by atoms with Crippen molar-refractivity contribution in [1.29, 1.82) is 0 Å². The molecule has 2 aliphatic heterocycles. The van der Waals surface area contributed by atoms with Crippen LogP contribution >= 0.6 is 0 Å². The maximum absolute atomic E-state index is 13.9. The van der Waals surface area contributed by atoms with E-state index in [-0.39, 0.29) is 6.04 Å². The van der Waals surface area contributed by atoms with Crippen molar-refractivity contribution in [1.82, 2.24) is 0 Å². The molecule has 1 aromatic carbocycles. The summed E-state index contributed by atoms with van der Waals surface area (Å²) in [6, 6.07) is 5.25. The van der Waals surface area contributed by atoms with Crippen LogP contribution in [-0.2, 0) is 0 Å². The van der Waals surface area contributed by atoms with Crippen LogP contribution in [0.25, 0.3) is 0 Å². The van der Waals surface area contributed by atoms with E-state index in [1.807, 2.05) is 0 Å². The second-order valence-electron chi connectivity index (χ2n) is 5.20. The average Bonchev–Trinajstić information content (AvgIpc) is 2.93. The Bertz CT molecular complexity index is 497. The van der Waals surface area contributed by atoms with Crippen LogP contribution in [0.4, 0.5) is 24.5 Å². The highest BCUT2D eigenvalue weighted by Gasteiger charge is 2.39. The summed E-state index contributed by atoms with van der Waals surface area (Å²) >= 11 is 0. The van der Waals surface area contributed by atoms with E-state index in [2.05, 4.69) is 4.90 Å². The van der Waals surface area contributed by atoms with Crippen molar-refractivity contribution in [3.63, 3.8) is 0 Å². The van der Waals surface area contributed by atoms with Gasteiger partial charge < -0.3 is 14.5 Å². The van der Waals surface area contributed by atoms with E-state index >= 15 is 0 Å². The zero-order valence-corrected chi connectivity index (χ0v) is 11.2. The number of methoxy groups -OCH3 is 1. The minimum Gasteiger partial charge on any atom is -0.497 e. The summed E-state index contributed by atoms with van der Waals surface area (Å²) < 4.78 is 44.5. The lowest BCUT2D eigenvalue weighted by atomic mass is 10.1. The maximum Gasteiger partial charge on any atom is 0.287 e. The highest BCUT2D eigenvalue weighted by Crippen LogP contribution is 2.42. The molecule has 0 amide bonds. The number of anilines is 2. The summed E-state index contributed by atoms with van der Waals surface area (Å²) in [7, 11) is 1.56. The topological polar surface area (TPSA) is 15.7 Å². The maximum atomic E-state index is 13.9. The summed E-state index contributed by atoms with van der Waals surface area (Å²) in [5.74, 6) is 0.656. The number of halogens is 3. The molecule has 6 heteroatoms. The van der Waals surface area contributed by atoms with Crippen molar-refractivity contribution in [3.05, 3.63) is 18.2 Å². The van der Waals surface area contributed by atoms with Crippen molar-refractivity contribution in [2.24, 2.45) is 0 Å². The lowest BCUT2D eigenvalue weighted by Crippen LogP contribution is -2.50. The molecule has 3 rings (SSSR count). The zero-order valence-electron chi connectivity index (χ0n) is 11.2. The molecule has 20 heavy (non-hydrogen) atoms. The van der Waals surface area contributed by atoms with Crippen molar-refractivity contribution in [3.8, 4) is 5.75 Å². The molecular formula is C14H17F3N2O. The van der Waals surface area contributed by atoms with Gasteiger partial charge in [-0.1, -0.05) is 0 Å². The second-order valence-corrected chi connectivity index (χ2v) is 5.20. The quantitative estimate of drug-likeness (QED) is 0.794. The minimum absolute atomic E-state index is 0.103. The average molecular weight is 286 g/mol. The lowest BCUT2D eigenvalue weighted by molar-refractivity contribution is 0.0469. The van der Waals surface area contributed by atoms with Gasteiger partial charge in [0.1, 0.15) is 5.75 Å². The fraction of sp³-hybridized carbons (Fsp3) is 0.571. The first kappa shape index (κ1) is 13.4. The first-order chi connectivity index (χ1) is 9.61. The predicted molar refractivity (Wildman–Crippen MR) is 71.6 cm³/mol. The molecule has 0 N–H and O–H groups in total. The summed E-state index contributed by atoms with van der Waals surface area (Å²) in [5, 5.41) is 0. The number of benzene rings is 1. The number of alkyl halides is 3. The molecule has 0 bridgehead atoms. The molecular weight excluding hydrogens is 269 g/mol. The van der Waals surface area contributed by atoms with Gasteiger partial charge in [-0.15, -0.1) is 0 Å². The van der Waals surface area contributed by atoms with Gasteiger partial charge in [-0.25, -0.2) is 13.2 Å². The van der Waals surface area contributed by atoms with Gasteiger partial charge in [0, 0.05) is 25.2 Å². The number of nitrogens with zero attached hydrogens (tertiary/aromatic N) is 2. The predicted octanol–water partition coefficient (Wildman–Crippen LogP) is 3.04. The molecule has 0 spiro atoms. The van der Waals surface area contributed by atoms with Crippen LogP contribution in [0.5, 0.6) is 5.75 Å². The molecule has 0 aliphatic carbocycles. The highest BCUT2D eigenvalue weighted by molar-refractivity contribution is 5.76. The Labute approximate surface area is 115 Å². The standard InChI is InChI=1S/C14H17F3N2O/c1-20-10-4-5-11-12(7-10)18-6-2-3-9(18)8-19(11)14(17)13(15)16/h4-5,7,9,13-14H,2-3,6,8H2,1H3. The summed E-state index contributed by atoms with van der Waals surface area (Å²) in [6.45, 7) is 1.19. The van der Waals surface area contributed by atoms with Crippen molar-refractivity contribution >= 4 is 11.4 Å². The van der Waals surface area contributed by atoms with Crippen molar-refractivity contribution in [2.75, 3.05) is 30.0 Å². The largest absolute Gasteiger partial charge is 0.497 e. The fourth-order valence-electron chi connectivity index (χ4n) is 3.14. The van der Waals surface area contributed by atoms with Crippen LogP contribution in [0.3, 0.4) is 0 Å². The number of hydrogen-bond acceptors (Lipinski definition) is 3. The van der Waals surface area contributed by atoms with Gasteiger partial charge in [-0.3, -0.25) is 0 Å². The monoisotopic (exact) mass is 286 g/mol. The van der Waals surface area contributed by atoms with E-state index in [9.17, 15) is 13.2 Å². The molecule has 1 saturated heterocycles. The molecule has 0 radical (unpaired) electrons. The normalized spacial score (nSPS) is 22.8. The molecule has 0 saturated carbocycles. The van der Waals surface area contributed by atoms with Gasteiger partial charge >= 0.3 is 0 Å². The van der Waals surface area contributed by atoms with Gasteiger partial charge in [0.2, 0.25) is 6.30 Å². The molecule has 1 aromatic rings. The van der Waals surface area contributed by atoms with Crippen molar-refractivity contribution < 1.29 is 17.9 Å². The molecule has 0 aromatic heterocycles. The molecule has 2 heterocycles. The van der Waals surface area contributed by atoms with E-state index < -0.39 is 12.7 Å². The van der Waals surface area contributed by atoms with Crippen LogP contribution < -0.4 is 14.5 Å². The molecule has 110 valence electrons. The Morgan fingerprint density at radius 1 is 1.25 bits per heavy atom. The Balaban J connectivity index is 2.03. The molecule has 1 fully saturated rings. The molecule has 2 aliphatic rings. The van der Waals surface area contributed by atoms with E-state index in [0.29, 0.717) is 18.0 Å². The van der Waals surface area contributed by atoms with Gasteiger partial charge in [-0.05, 0) is 25.0 Å². The van der Waals surface area contributed by atoms with Crippen LogP contribution in [0.1, 0.15) is 12.8 Å². The van der Waals surface area contributed by atoms with Crippen LogP contribution in [0.2, 0.25) is 0 Å². The number of ether oxygens (including phenoxy) is 1. The number of hydrogen-bond donors (Lipinski definition) is 0. The van der Waals surface area contributed by atoms with E-state index in [0.717, 1.165) is 25.1 Å². The smallest absolute Gasteiger partial charge is 0.287 e. The lowest BCUT2D eigenvalue weighted by Gasteiger charge is -2.42. The highest BCUT2D eigenvalue weighted by atomic mass is 19.3. The number of rotatable bonds is 3. The Kier molecular flexibility index (Phi) is 3.40. The van der Waals surface area contributed by atoms with Gasteiger partial charge in [-0.2, -0.15) is 0 Å². The van der Waals surface area contributed by atoms with Gasteiger partial charge in [0.05, 0.1) is 18.5 Å². The van der Waals surface area contributed by atoms with Gasteiger partial charge in [0.25, 0.3) is 6.43 Å². The third-order valence-electron chi connectivity index (χ3n) is 4.09. The van der Waals surface area contributed by atoms with Gasteiger partial charge in [0.15, 0.2) is 0 Å². The summed E-state index contributed by atoms with van der Waals surface area (Å²) in [4.78, 5) is 3.36. The van der Waals surface area contributed by atoms with E-state index in [4.69, 9.17) is 4.74 Å². The SMILES string of the molecule is COc1ccc2c(c1)N1CCCC1CN2C(F)C(F)F. The van der Waals surface area contributed by atoms with E-state index in [1.54, 1.807) is 25.3 Å². The summed E-state index contributed by atoms with van der Waals surface area (Å²) in [6.07, 6.45) is -3.35. The van der Waals surface area contributed by atoms with Crippen LogP contribution in [0.15, 0.2) is 18.2 Å². The van der Waals surface area contributed by atoms with E-state index in [1.165, 1.54) is 4.90 Å². The Hall–Kier alpha value is -1.59. The van der Waals surface area contributed by atoms with Crippen molar-refractivity contribution in [2.45, 2.75) is 31.6 Å². The molecule has 2 unspecified atom stereocenters. The fourth-order valence-corrected chi connectivity index (χ4v) is 3.14. The third-order valence-corrected chi connectivity index (χ3v) is 4.09. The first-order valence-electron chi connectivity index (χ1n) is 6.75. The molecule has 3 nitrogen and oxygen atoms in total. The number of fused-ring (bicyclic) bond motifs is 3.